The zero-order chi connectivity index (χ0) is 19.4. The number of aryl methyl sites for hydroxylation is 4. The largest absolute Gasteiger partial charge is 0.489 e. The molecular weight excluding hydrogens is 344 g/mol. The Hall–Kier alpha value is -3.09. The van der Waals surface area contributed by atoms with Gasteiger partial charge in [-0.1, -0.05) is 22.9 Å². The van der Waals surface area contributed by atoms with E-state index in [1.54, 1.807) is 6.92 Å². The molecule has 0 radical (unpaired) electrons. The van der Waals surface area contributed by atoms with Crippen LogP contribution in [-0.2, 0) is 19.7 Å². The number of aromatic nitrogens is 3. The highest BCUT2D eigenvalue weighted by Gasteiger charge is 2.20. The lowest BCUT2D eigenvalue weighted by molar-refractivity contribution is 0.0939. The molecule has 3 rings (SSSR count). The summed E-state index contributed by atoms with van der Waals surface area (Å²) in [7, 11) is 0. The molecule has 0 saturated carbocycles. The summed E-state index contributed by atoms with van der Waals surface area (Å²) in [6.45, 7) is 9.12. The van der Waals surface area contributed by atoms with Gasteiger partial charge in [-0.15, -0.1) is 0 Å². The average molecular weight is 368 g/mol. The van der Waals surface area contributed by atoms with E-state index in [0.717, 1.165) is 29.1 Å². The summed E-state index contributed by atoms with van der Waals surface area (Å²) in [4.78, 5) is 12.6. The second-order valence-corrected chi connectivity index (χ2v) is 6.45. The lowest BCUT2D eigenvalue weighted by atomic mass is 10.2. The quantitative estimate of drug-likeness (QED) is 0.692. The fraction of sp³-hybridized carbons (Fsp3) is 0.350. The molecule has 7 heteroatoms. The standard InChI is InChI=1S/C20H24N4O3/c1-5-24-11-16(14(3)22-24)10-21-20(25)19-18(15(4)27-23-19)12-26-17-8-6-13(2)7-9-17/h6-9,11H,5,10,12H2,1-4H3,(H,21,25). The van der Waals surface area contributed by atoms with Gasteiger partial charge in [0.15, 0.2) is 5.69 Å². The molecule has 7 nitrogen and oxygen atoms in total. The minimum absolute atomic E-state index is 0.216. The van der Waals surface area contributed by atoms with Crippen LogP contribution in [0.2, 0.25) is 0 Å². The van der Waals surface area contributed by atoms with E-state index in [4.69, 9.17) is 9.26 Å². The van der Waals surface area contributed by atoms with E-state index in [-0.39, 0.29) is 18.2 Å². The number of benzene rings is 1. The SMILES string of the molecule is CCn1cc(CNC(=O)c2noc(C)c2COc2ccc(C)cc2)c(C)n1. The molecule has 0 atom stereocenters. The van der Waals surface area contributed by atoms with E-state index >= 15 is 0 Å². The maximum Gasteiger partial charge on any atom is 0.274 e. The molecule has 1 aromatic carbocycles. The molecule has 27 heavy (non-hydrogen) atoms. The fourth-order valence-electron chi connectivity index (χ4n) is 2.68. The van der Waals surface area contributed by atoms with Crippen molar-refractivity contribution >= 4 is 5.91 Å². The number of rotatable bonds is 7. The van der Waals surface area contributed by atoms with Crippen molar-refractivity contribution in [3.8, 4) is 5.75 Å². The molecule has 142 valence electrons. The zero-order valence-electron chi connectivity index (χ0n) is 16.1. The molecular formula is C20H24N4O3. The number of amides is 1. The van der Waals surface area contributed by atoms with Crippen LogP contribution >= 0.6 is 0 Å². The van der Waals surface area contributed by atoms with Gasteiger partial charge in [-0.2, -0.15) is 5.10 Å². The van der Waals surface area contributed by atoms with Gasteiger partial charge < -0.3 is 14.6 Å². The first-order valence-electron chi connectivity index (χ1n) is 8.93. The Morgan fingerprint density at radius 1 is 1.22 bits per heavy atom. The zero-order valence-corrected chi connectivity index (χ0v) is 16.1. The highest BCUT2D eigenvalue weighted by Crippen LogP contribution is 2.18. The van der Waals surface area contributed by atoms with Gasteiger partial charge >= 0.3 is 0 Å². The van der Waals surface area contributed by atoms with Gasteiger partial charge in [0.05, 0.1) is 11.3 Å². The number of nitrogens with zero attached hydrogens (tertiary/aromatic N) is 3. The Labute approximate surface area is 158 Å². The summed E-state index contributed by atoms with van der Waals surface area (Å²) < 4.78 is 12.8. The van der Waals surface area contributed by atoms with Gasteiger partial charge in [-0.3, -0.25) is 9.48 Å². The molecule has 2 aromatic heterocycles. The summed E-state index contributed by atoms with van der Waals surface area (Å²) >= 11 is 0. The summed E-state index contributed by atoms with van der Waals surface area (Å²) in [5.74, 6) is 1.01. The van der Waals surface area contributed by atoms with E-state index in [2.05, 4.69) is 15.6 Å². The highest BCUT2D eigenvalue weighted by atomic mass is 16.5. The lowest BCUT2D eigenvalue weighted by Crippen LogP contribution is -2.24. The van der Waals surface area contributed by atoms with Crippen LogP contribution in [0.25, 0.3) is 0 Å². The van der Waals surface area contributed by atoms with Crippen LogP contribution in [0.15, 0.2) is 35.0 Å². The van der Waals surface area contributed by atoms with Crippen molar-refractivity contribution in [1.29, 1.82) is 0 Å². The number of nitrogens with one attached hydrogen (secondary N) is 1. The molecule has 0 unspecified atom stereocenters. The minimum atomic E-state index is -0.294. The third-order valence-corrected chi connectivity index (χ3v) is 4.42. The van der Waals surface area contributed by atoms with Crippen LogP contribution in [0, 0.1) is 20.8 Å². The molecule has 0 aliphatic carbocycles. The Balaban J connectivity index is 1.66. The van der Waals surface area contributed by atoms with E-state index in [0.29, 0.717) is 17.9 Å². The Kier molecular flexibility index (Phi) is 5.59. The van der Waals surface area contributed by atoms with Crippen molar-refractivity contribution in [3.05, 3.63) is 64.3 Å². The van der Waals surface area contributed by atoms with Crippen LogP contribution in [0.3, 0.4) is 0 Å². The van der Waals surface area contributed by atoms with Gasteiger partial charge in [0, 0.05) is 24.8 Å². The van der Waals surface area contributed by atoms with Crippen LogP contribution in [0.4, 0.5) is 0 Å². The molecule has 0 aliphatic heterocycles. The second-order valence-electron chi connectivity index (χ2n) is 6.45. The summed E-state index contributed by atoms with van der Waals surface area (Å²) in [6.07, 6.45) is 1.94. The lowest BCUT2D eigenvalue weighted by Gasteiger charge is -2.07. The monoisotopic (exact) mass is 368 g/mol. The summed E-state index contributed by atoms with van der Waals surface area (Å²) in [5, 5.41) is 11.2. The molecule has 0 aliphatic rings. The summed E-state index contributed by atoms with van der Waals surface area (Å²) in [6, 6.07) is 7.74. The normalized spacial score (nSPS) is 10.8. The number of carbonyl (C=O) groups is 1. The molecule has 0 bridgehead atoms. The fourth-order valence-corrected chi connectivity index (χ4v) is 2.68. The predicted octanol–water partition coefficient (Wildman–Crippen LogP) is 3.33. The minimum Gasteiger partial charge on any atom is -0.489 e. The van der Waals surface area contributed by atoms with E-state index < -0.39 is 0 Å². The molecule has 0 saturated heterocycles. The third-order valence-electron chi connectivity index (χ3n) is 4.42. The Morgan fingerprint density at radius 2 is 1.96 bits per heavy atom. The maximum atomic E-state index is 12.6. The molecule has 1 N–H and O–H groups in total. The van der Waals surface area contributed by atoms with Crippen LogP contribution in [0.5, 0.6) is 5.75 Å². The van der Waals surface area contributed by atoms with Crippen molar-refractivity contribution in [3.63, 3.8) is 0 Å². The van der Waals surface area contributed by atoms with Crippen molar-refractivity contribution in [2.24, 2.45) is 0 Å². The Bertz CT molecular complexity index is 925. The number of ether oxygens (including phenoxy) is 1. The number of hydrogen-bond donors (Lipinski definition) is 1. The maximum absolute atomic E-state index is 12.6. The molecule has 3 aromatic rings. The number of carbonyl (C=O) groups excluding carboxylic acids is 1. The van der Waals surface area contributed by atoms with E-state index in [9.17, 15) is 4.79 Å². The van der Waals surface area contributed by atoms with Crippen molar-refractivity contribution in [2.75, 3.05) is 0 Å². The van der Waals surface area contributed by atoms with E-state index in [1.807, 2.05) is 55.9 Å². The van der Waals surface area contributed by atoms with E-state index in [1.165, 1.54) is 0 Å². The second kappa shape index (κ2) is 8.07. The van der Waals surface area contributed by atoms with Crippen LogP contribution < -0.4 is 10.1 Å². The first-order valence-corrected chi connectivity index (χ1v) is 8.93. The first-order chi connectivity index (χ1) is 13.0. The molecule has 0 spiro atoms. The third kappa shape index (κ3) is 4.36. The molecule has 0 fully saturated rings. The van der Waals surface area contributed by atoms with Crippen molar-refractivity contribution < 1.29 is 14.1 Å². The van der Waals surface area contributed by atoms with Crippen LogP contribution in [0.1, 0.15) is 45.6 Å². The highest BCUT2D eigenvalue weighted by molar-refractivity contribution is 5.93. The first kappa shape index (κ1) is 18.7. The smallest absolute Gasteiger partial charge is 0.274 e. The Morgan fingerprint density at radius 3 is 2.63 bits per heavy atom. The summed E-state index contributed by atoms with van der Waals surface area (Å²) in [5.41, 5.74) is 3.93. The van der Waals surface area contributed by atoms with Gasteiger partial charge in [-0.25, -0.2) is 0 Å². The predicted molar refractivity (Wildman–Crippen MR) is 101 cm³/mol. The van der Waals surface area contributed by atoms with Gasteiger partial charge in [0.1, 0.15) is 18.1 Å². The van der Waals surface area contributed by atoms with Gasteiger partial charge in [0.2, 0.25) is 0 Å². The number of hydrogen-bond acceptors (Lipinski definition) is 5. The average Bonchev–Trinajstić information content (AvgIpc) is 3.21. The van der Waals surface area contributed by atoms with Crippen LogP contribution in [-0.4, -0.2) is 20.8 Å². The topological polar surface area (TPSA) is 82.2 Å². The molecule has 1 amide bonds. The molecule has 2 heterocycles. The van der Waals surface area contributed by atoms with Gasteiger partial charge in [0.25, 0.3) is 5.91 Å². The van der Waals surface area contributed by atoms with Crippen molar-refractivity contribution in [2.45, 2.75) is 47.4 Å². The van der Waals surface area contributed by atoms with Crippen molar-refractivity contribution in [1.82, 2.24) is 20.3 Å². The van der Waals surface area contributed by atoms with Gasteiger partial charge in [-0.05, 0) is 39.8 Å².